The number of phenolic OH excluding ortho intramolecular Hbond substituents is 1. The Morgan fingerprint density at radius 2 is 2.00 bits per heavy atom. The van der Waals surface area contributed by atoms with Crippen molar-refractivity contribution in [2.45, 2.75) is 0 Å². The van der Waals surface area contributed by atoms with Gasteiger partial charge >= 0.3 is 0 Å². The predicted molar refractivity (Wildman–Crippen MR) is 82.8 cm³/mol. The minimum Gasteiger partial charge on any atom is -0.504 e. The van der Waals surface area contributed by atoms with Gasteiger partial charge in [0.25, 0.3) is 11.6 Å². The maximum Gasteiger partial charge on any atom is 0.271 e. The number of aromatic hydroxyl groups is 1. The highest BCUT2D eigenvalue weighted by Gasteiger charge is 2.08. The zero-order valence-corrected chi connectivity index (χ0v) is 12.1. The molecule has 0 fully saturated rings. The van der Waals surface area contributed by atoms with Crippen molar-refractivity contribution in [2.24, 2.45) is 5.10 Å². The molecule has 0 heterocycles. The van der Waals surface area contributed by atoms with E-state index in [9.17, 15) is 20.0 Å². The number of rotatable bonds is 5. The topological polar surface area (TPSA) is 114 Å². The summed E-state index contributed by atoms with van der Waals surface area (Å²) in [5.74, 6) is -0.218. The van der Waals surface area contributed by atoms with Gasteiger partial charge in [0, 0.05) is 17.7 Å². The normalized spacial score (nSPS) is 10.5. The molecule has 0 bridgehead atoms. The van der Waals surface area contributed by atoms with Crippen molar-refractivity contribution in [2.75, 3.05) is 7.11 Å². The zero-order valence-electron chi connectivity index (χ0n) is 12.1. The number of nitrogens with zero attached hydrogens (tertiary/aromatic N) is 2. The van der Waals surface area contributed by atoms with Crippen LogP contribution in [-0.4, -0.2) is 29.3 Å². The summed E-state index contributed by atoms with van der Waals surface area (Å²) in [4.78, 5) is 21.8. The molecule has 0 radical (unpaired) electrons. The molecular formula is C15H13N3O5. The smallest absolute Gasteiger partial charge is 0.271 e. The predicted octanol–water partition coefficient (Wildman–Crippen LogP) is 2.07. The van der Waals surface area contributed by atoms with Crippen molar-refractivity contribution >= 4 is 17.8 Å². The highest BCUT2D eigenvalue weighted by Crippen LogP contribution is 2.25. The molecule has 23 heavy (non-hydrogen) atoms. The Morgan fingerprint density at radius 1 is 1.30 bits per heavy atom. The lowest BCUT2D eigenvalue weighted by atomic mass is 10.2. The van der Waals surface area contributed by atoms with Crippen LogP contribution in [0.4, 0.5) is 5.69 Å². The van der Waals surface area contributed by atoms with Crippen LogP contribution in [-0.2, 0) is 0 Å². The van der Waals surface area contributed by atoms with Gasteiger partial charge in [0.05, 0.1) is 18.2 Å². The number of hydrogen-bond donors (Lipinski definition) is 2. The van der Waals surface area contributed by atoms with Crippen molar-refractivity contribution < 1.29 is 19.6 Å². The first kappa shape index (κ1) is 16.0. The maximum atomic E-state index is 11.8. The molecule has 0 aliphatic heterocycles. The van der Waals surface area contributed by atoms with E-state index < -0.39 is 10.8 Å². The number of carbonyl (C=O) groups excluding carboxylic acids is 1. The minimum absolute atomic E-state index is 0.0434. The second-order valence-corrected chi connectivity index (χ2v) is 4.43. The standard InChI is InChI=1S/C15H13N3O5/c1-23-14-7-2-10(8-13(14)19)9-16-17-15(20)11-3-5-12(6-4-11)18(21)22/h2-9,19H,1H3,(H,17,20)/b16-9+. The summed E-state index contributed by atoms with van der Waals surface area (Å²) in [6.45, 7) is 0. The Kier molecular flexibility index (Phi) is 4.88. The molecule has 2 N–H and O–H groups in total. The van der Waals surface area contributed by atoms with Gasteiger partial charge in [-0.3, -0.25) is 14.9 Å². The highest BCUT2D eigenvalue weighted by atomic mass is 16.6. The summed E-state index contributed by atoms with van der Waals surface area (Å²) in [6.07, 6.45) is 1.35. The van der Waals surface area contributed by atoms with Crippen LogP contribution in [0.3, 0.4) is 0 Å². The monoisotopic (exact) mass is 315 g/mol. The number of amides is 1. The molecule has 0 aliphatic carbocycles. The molecule has 8 nitrogen and oxygen atoms in total. The molecule has 0 saturated carbocycles. The molecule has 0 atom stereocenters. The number of phenols is 1. The SMILES string of the molecule is COc1ccc(/C=N/NC(=O)c2ccc([N+](=O)[O-])cc2)cc1O. The summed E-state index contributed by atoms with van der Waals surface area (Å²) in [7, 11) is 1.44. The van der Waals surface area contributed by atoms with Gasteiger partial charge in [-0.1, -0.05) is 0 Å². The van der Waals surface area contributed by atoms with E-state index in [2.05, 4.69) is 10.5 Å². The number of hydrogen-bond acceptors (Lipinski definition) is 6. The molecule has 0 saturated heterocycles. The first-order valence-electron chi connectivity index (χ1n) is 6.46. The van der Waals surface area contributed by atoms with E-state index in [1.54, 1.807) is 12.1 Å². The summed E-state index contributed by atoms with van der Waals surface area (Å²) in [5, 5.41) is 23.9. The number of carbonyl (C=O) groups is 1. The molecule has 2 aromatic rings. The van der Waals surface area contributed by atoms with E-state index in [1.165, 1.54) is 43.7 Å². The van der Waals surface area contributed by atoms with Crippen LogP contribution in [0.5, 0.6) is 11.5 Å². The molecule has 0 spiro atoms. The highest BCUT2D eigenvalue weighted by molar-refractivity contribution is 5.95. The maximum absolute atomic E-state index is 11.8. The quantitative estimate of drug-likeness (QED) is 0.498. The van der Waals surface area contributed by atoms with Crippen LogP contribution in [0.15, 0.2) is 47.6 Å². The summed E-state index contributed by atoms with van der Waals surface area (Å²) < 4.78 is 4.91. The van der Waals surface area contributed by atoms with Gasteiger partial charge in [0.1, 0.15) is 0 Å². The third-order valence-corrected chi connectivity index (χ3v) is 2.92. The second-order valence-electron chi connectivity index (χ2n) is 4.43. The van der Waals surface area contributed by atoms with Gasteiger partial charge in [-0.15, -0.1) is 0 Å². The first-order valence-corrected chi connectivity index (χ1v) is 6.46. The lowest BCUT2D eigenvalue weighted by Crippen LogP contribution is -2.17. The molecule has 2 aromatic carbocycles. The molecule has 0 aliphatic rings. The minimum atomic E-state index is -0.546. The van der Waals surface area contributed by atoms with Crippen molar-refractivity contribution in [3.63, 3.8) is 0 Å². The van der Waals surface area contributed by atoms with Crippen LogP contribution in [0, 0.1) is 10.1 Å². The van der Waals surface area contributed by atoms with E-state index >= 15 is 0 Å². The summed E-state index contributed by atoms with van der Waals surface area (Å²) >= 11 is 0. The van der Waals surface area contributed by atoms with Crippen molar-refractivity contribution in [3.8, 4) is 11.5 Å². The first-order chi connectivity index (χ1) is 11.0. The number of hydrazone groups is 1. The van der Waals surface area contributed by atoms with Crippen molar-refractivity contribution in [3.05, 3.63) is 63.7 Å². The van der Waals surface area contributed by atoms with Gasteiger partial charge in [-0.05, 0) is 35.9 Å². The molecule has 118 valence electrons. The number of benzene rings is 2. The van der Waals surface area contributed by atoms with E-state index in [0.717, 1.165) is 0 Å². The van der Waals surface area contributed by atoms with Crippen LogP contribution in [0.1, 0.15) is 15.9 Å². The van der Waals surface area contributed by atoms with E-state index in [0.29, 0.717) is 11.3 Å². The Bertz CT molecular complexity index is 756. The van der Waals surface area contributed by atoms with E-state index in [1.807, 2.05) is 0 Å². The lowest BCUT2D eigenvalue weighted by Gasteiger charge is -2.03. The van der Waals surface area contributed by atoms with Crippen molar-refractivity contribution in [1.82, 2.24) is 5.43 Å². The van der Waals surface area contributed by atoms with Gasteiger partial charge in [0.2, 0.25) is 0 Å². The van der Waals surface area contributed by atoms with Crippen LogP contribution < -0.4 is 10.2 Å². The lowest BCUT2D eigenvalue weighted by molar-refractivity contribution is -0.384. The summed E-state index contributed by atoms with van der Waals surface area (Å²) in [5.41, 5.74) is 3.00. The largest absolute Gasteiger partial charge is 0.504 e. The Labute approximate surface area is 131 Å². The van der Waals surface area contributed by atoms with Crippen LogP contribution in [0.25, 0.3) is 0 Å². The second kappa shape index (κ2) is 7.03. The Hall–Kier alpha value is -3.42. The van der Waals surface area contributed by atoms with E-state index in [-0.39, 0.29) is 17.0 Å². The van der Waals surface area contributed by atoms with Gasteiger partial charge in [-0.25, -0.2) is 5.43 Å². The number of methoxy groups -OCH3 is 1. The number of non-ortho nitro benzene ring substituents is 1. The van der Waals surface area contributed by atoms with Gasteiger partial charge in [0.15, 0.2) is 11.5 Å². The van der Waals surface area contributed by atoms with Crippen LogP contribution >= 0.6 is 0 Å². The number of ether oxygens (including phenoxy) is 1. The van der Waals surface area contributed by atoms with Crippen molar-refractivity contribution in [1.29, 1.82) is 0 Å². The van der Waals surface area contributed by atoms with E-state index in [4.69, 9.17) is 4.74 Å². The third kappa shape index (κ3) is 4.03. The van der Waals surface area contributed by atoms with Gasteiger partial charge < -0.3 is 9.84 Å². The number of nitro benzene ring substituents is 1. The number of nitro groups is 1. The molecule has 0 unspecified atom stereocenters. The number of nitrogens with one attached hydrogen (secondary N) is 1. The van der Waals surface area contributed by atoms with Crippen LogP contribution in [0.2, 0.25) is 0 Å². The molecule has 8 heteroatoms. The Balaban J connectivity index is 2.00. The fraction of sp³-hybridized carbons (Fsp3) is 0.0667. The zero-order chi connectivity index (χ0) is 16.8. The average molecular weight is 315 g/mol. The molecular weight excluding hydrogens is 302 g/mol. The average Bonchev–Trinajstić information content (AvgIpc) is 2.55. The van der Waals surface area contributed by atoms with Gasteiger partial charge in [-0.2, -0.15) is 5.10 Å². The summed E-state index contributed by atoms with van der Waals surface area (Å²) in [6, 6.07) is 9.79. The third-order valence-electron chi connectivity index (χ3n) is 2.92. The molecule has 1 amide bonds. The fourth-order valence-corrected chi connectivity index (χ4v) is 1.75. The molecule has 2 rings (SSSR count). The molecule has 0 aromatic heterocycles. The Morgan fingerprint density at radius 3 is 2.57 bits per heavy atom. The fourth-order valence-electron chi connectivity index (χ4n) is 1.75.